The number of rotatable bonds is 8. The first kappa shape index (κ1) is 19.0. The molecule has 3 N–H and O–H groups in total. The second-order valence-electron chi connectivity index (χ2n) is 5.89. The predicted molar refractivity (Wildman–Crippen MR) is 104 cm³/mol. The number of benzene rings is 2. The monoisotopic (exact) mass is 380 g/mol. The van der Waals surface area contributed by atoms with E-state index in [4.69, 9.17) is 19.8 Å². The summed E-state index contributed by atoms with van der Waals surface area (Å²) in [6, 6.07) is 18.6. The van der Waals surface area contributed by atoms with E-state index in [2.05, 4.69) is 15.6 Å². The molecule has 2 aromatic carbocycles. The van der Waals surface area contributed by atoms with Gasteiger partial charge >= 0.3 is 0 Å². The second kappa shape index (κ2) is 9.22. The van der Waals surface area contributed by atoms with Crippen LogP contribution in [0.5, 0.6) is 5.75 Å². The molecule has 8 heteroatoms. The number of carbonyl (C=O) groups is 1. The minimum Gasteiger partial charge on any atom is -0.488 e. The van der Waals surface area contributed by atoms with Crippen molar-refractivity contribution < 1.29 is 18.9 Å². The molecule has 144 valence electrons. The maximum Gasteiger partial charge on any atom is 0.266 e. The summed E-state index contributed by atoms with van der Waals surface area (Å²) in [5.41, 5.74) is 7.60. The Morgan fingerprint density at radius 1 is 1.18 bits per heavy atom. The molecule has 0 saturated heterocycles. The van der Waals surface area contributed by atoms with Crippen LogP contribution in [-0.4, -0.2) is 23.5 Å². The number of nitrogens with zero attached hydrogens (tertiary/aromatic N) is 2. The topological polar surface area (TPSA) is 112 Å². The average molecular weight is 380 g/mol. The van der Waals surface area contributed by atoms with Crippen LogP contribution in [0.3, 0.4) is 0 Å². The Balaban J connectivity index is 1.57. The molecule has 0 aliphatic heterocycles. The third-order valence-electron chi connectivity index (χ3n) is 3.65. The molecule has 28 heavy (non-hydrogen) atoms. The van der Waals surface area contributed by atoms with Gasteiger partial charge in [-0.1, -0.05) is 52.8 Å². The number of hydrogen-bond acceptors (Lipinski definition) is 6. The number of aryl methyl sites for hydroxylation is 1. The number of hydrogen-bond donors (Lipinski definition) is 2. The molecule has 0 saturated carbocycles. The summed E-state index contributed by atoms with van der Waals surface area (Å²) in [5.74, 6) is 1.14. The highest BCUT2D eigenvalue weighted by Gasteiger charge is 2.10. The molecule has 0 bridgehead atoms. The Kier molecular flexibility index (Phi) is 6.25. The van der Waals surface area contributed by atoms with Gasteiger partial charge in [0.2, 0.25) is 0 Å². The fourth-order valence-electron chi connectivity index (χ4n) is 2.35. The number of nitrogens with one attached hydrogen (secondary N) is 1. The van der Waals surface area contributed by atoms with E-state index in [1.807, 2.05) is 42.5 Å². The first-order chi connectivity index (χ1) is 13.6. The van der Waals surface area contributed by atoms with Gasteiger partial charge in [0.1, 0.15) is 18.1 Å². The van der Waals surface area contributed by atoms with Crippen molar-refractivity contribution >= 4 is 17.6 Å². The lowest BCUT2D eigenvalue weighted by molar-refractivity contribution is -0.120. The van der Waals surface area contributed by atoms with Crippen molar-refractivity contribution in [2.75, 3.05) is 11.9 Å². The van der Waals surface area contributed by atoms with Crippen LogP contribution in [0.25, 0.3) is 0 Å². The van der Waals surface area contributed by atoms with Crippen LogP contribution in [-0.2, 0) is 16.2 Å². The Bertz CT molecular complexity index is 954. The molecule has 0 atom stereocenters. The molecule has 8 nitrogen and oxygen atoms in total. The van der Waals surface area contributed by atoms with Gasteiger partial charge in [-0.05, 0) is 24.6 Å². The maximum atomic E-state index is 11.8. The quantitative estimate of drug-likeness (QED) is 0.353. The van der Waals surface area contributed by atoms with Crippen molar-refractivity contribution in [3.8, 4) is 5.75 Å². The van der Waals surface area contributed by atoms with Crippen LogP contribution in [0.2, 0.25) is 0 Å². The summed E-state index contributed by atoms with van der Waals surface area (Å²) in [6.45, 7) is 1.80. The fraction of sp³-hybridized carbons (Fsp3) is 0.150. The van der Waals surface area contributed by atoms with Crippen molar-refractivity contribution in [3.05, 3.63) is 77.6 Å². The summed E-state index contributed by atoms with van der Waals surface area (Å²) in [6.07, 6.45) is 0. The Morgan fingerprint density at radius 2 is 1.93 bits per heavy atom. The highest BCUT2D eigenvalue weighted by Crippen LogP contribution is 2.19. The van der Waals surface area contributed by atoms with E-state index in [9.17, 15) is 4.79 Å². The van der Waals surface area contributed by atoms with E-state index in [0.717, 1.165) is 5.56 Å². The molecule has 0 spiro atoms. The molecular weight excluding hydrogens is 360 g/mol. The molecule has 0 unspecified atom stereocenters. The highest BCUT2D eigenvalue weighted by molar-refractivity contribution is 5.99. The van der Waals surface area contributed by atoms with Crippen molar-refractivity contribution in [1.29, 1.82) is 0 Å². The zero-order chi connectivity index (χ0) is 19.8. The van der Waals surface area contributed by atoms with Crippen LogP contribution < -0.4 is 15.8 Å². The molecule has 3 rings (SSSR count). The van der Waals surface area contributed by atoms with E-state index in [1.165, 1.54) is 0 Å². The summed E-state index contributed by atoms with van der Waals surface area (Å²) in [5, 5.41) is 9.99. The van der Waals surface area contributed by atoms with E-state index >= 15 is 0 Å². The van der Waals surface area contributed by atoms with Gasteiger partial charge in [-0.3, -0.25) is 4.79 Å². The van der Waals surface area contributed by atoms with Gasteiger partial charge < -0.3 is 25.1 Å². The molecule has 1 aromatic heterocycles. The van der Waals surface area contributed by atoms with Gasteiger partial charge in [-0.2, -0.15) is 0 Å². The SMILES string of the molecule is Cc1cc(NC(=O)CON=C(N)c2ccccc2OCc2ccccc2)no1. The van der Waals surface area contributed by atoms with Gasteiger partial charge in [0.25, 0.3) is 5.91 Å². The molecule has 0 fully saturated rings. The molecule has 0 radical (unpaired) electrons. The minimum absolute atomic E-state index is 0.105. The third kappa shape index (κ3) is 5.34. The van der Waals surface area contributed by atoms with Crippen molar-refractivity contribution in [1.82, 2.24) is 5.16 Å². The summed E-state index contributed by atoms with van der Waals surface area (Å²) < 4.78 is 10.7. The number of nitrogens with two attached hydrogens (primary N) is 1. The Hall–Kier alpha value is -3.81. The number of oxime groups is 1. The van der Waals surface area contributed by atoms with Crippen LogP contribution in [0.15, 0.2) is 70.3 Å². The van der Waals surface area contributed by atoms with Gasteiger partial charge in [0.05, 0.1) is 5.56 Å². The minimum atomic E-state index is -0.432. The molecule has 1 amide bonds. The number of anilines is 1. The standard InChI is InChI=1S/C20H20N4O4/c1-14-11-18(23-28-14)22-19(25)13-27-24-20(21)16-9-5-6-10-17(16)26-12-15-7-3-2-4-8-15/h2-11H,12-13H2,1H3,(H2,21,24)(H,22,23,25). The molecule has 1 heterocycles. The molecular formula is C20H20N4O4. The number of amides is 1. The normalized spacial score (nSPS) is 11.1. The van der Waals surface area contributed by atoms with Gasteiger partial charge in [0, 0.05) is 6.07 Å². The van der Waals surface area contributed by atoms with Crippen LogP contribution in [0.4, 0.5) is 5.82 Å². The Morgan fingerprint density at radius 3 is 2.68 bits per heavy atom. The zero-order valence-corrected chi connectivity index (χ0v) is 15.3. The largest absolute Gasteiger partial charge is 0.488 e. The van der Waals surface area contributed by atoms with Gasteiger partial charge in [-0.25, -0.2) is 0 Å². The number of amidine groups is 1. The number of aromatic nitrogens is 1. The lowest BCUT2D eigenvalue weighted by atomic mass is 10.2. The number of para-hydroxylation sites is 1. The Labute approximate surface area is 161 Å². The third-order valence-corrected chi connectivity index (χ3v) is 3.65. The molecule has 0 aliphatic carbocycles. The molecule has 0 aliphatic rings. The van der Waals surface area contributed by atoms with Crippen molar-refractivity contribution in [2.24, 2.45) is 10.9 Å². The summed E-state index contributed by atoms with van der Waals surface area (Å²) >= 11 is 0. The van der Waals surface area contributed by atoms with E-state index in [-0.39, 0.29) is 12.4 Å². The van der Waals surface area contributed by atoms with E-state index in [0.29, 0.717) is 29.5 Å². The van der Waals surface area contributed by atoms with Crippen molar-refractivity contribution in [2.45, 2.75) is 13.5 Å². The number of ether oxygens (including phenoxy) is 1. The van der Waals surface area contributed by atoms with Crippen molar-refractivity contribution in [3.63, 3.8) is 0 Å². The lowest BCUT2D eigenvalue weighted by Crippen LogP contribution is -2.20. The van der Waals surface area contributed by atoms with Gasteiger partial charge in [-0.15, -0.1) is 0 Å². The molecule has 3 aromatic rings. The van der Waals surface area contributed by atoms with Crippen LogP contribution in [0.1, 0.15) is 16.9 Å². The first-order valence-electron chi connectivity index (χ1n) is 8.56. The van der Waals surface area contributed by atoms with Crippen LogP contribution >= 0.6 is 0 Å². The summed E-state index contributed by atoms with van der Waals surface area (Å²) in [7, 11) is 0. The lowest BCUT2D eigenvalue weighted by Gasteiger charge is -2.11. The highest BCUT2D eigenvalue weighted by atomic mass is 16.6. The first-order valence-corrected chi connectivity index (χ1v) is 8.56. The zero-order valence-electron chi connectivity index (χ0n) is 15.3. The van der Waals surface area contributed by atoms with Crippen LogP contribution in [0, 0.1) is 6.92 Å². The summed E-state index contributed by atoms with van der Waals surface area (Å²) in [4.78, 5) is 16.9. The van der Waals surface area contributed by atoms with Gasteiger partial charge in [0.15, 0.2) is 18.3 Å². The number of carbonyl (C=O) groups excluding carboxylic acids is 1. The predicted octanol–water partition coefficient (Wildman–Crippen LogP) is 2.84. The fourth-order valence-corrected chi connectivity index (χ4v) is 2.35. The average Bonchev–Trinajstić information content (AvgIpc) is 3.11. The van der Waals surface area contributed by atoms with E-state index < -0.39 is 5.91 Å². The van der Waals surface area contributed by atoms with E-state index in [1.54, 1.807) is 25.1 Å². The maximum absolute atomic E-state index is 11.8. The second-order valence-corrected chi connectivity index (χ2v) is 5.89. The smallest absolute Gasteiger partial charge is 0.266 e.